The SMILES string of the molecule is Cc1ccc(NC(=O)C(C)OC(=O)c2ccc(N)cc2)nc1. The van der Waals surface area contributed by atoms with E-state index in [0.717, 1.165) is 5.56 Å². The van der Waals surface area contributed by atoms with Crippen LogP contribution in [0.4, 0.5) is 11.5 Å². The number of hydrogen-bond donors (Lipinski definition) is 2. The number of esters is 1. The summed E-state index contributed by atoms with van der Waals surface area (Å²) in [5.41, 5.74) is 7.42. The van der Waals surface area contributed by atoms with Gasteiger partial charge in [-0.15, -0.1) is 0 Å². The van der Waals surface area contributed by atoms with E-state index in [1.807, 2.05) is 13.0 Å². The fraction of sp³-hybridized carbons (Fsp3) is 0.188. The van der Waals surface area contributed by atoms with Gasteiger partial charge in [0.05, 0.1) is 5.56 Å². The standard InChI is InChI=1S/C16H17N3O3/c1-10-3-8-14(18-9-10)19-15(20)11(2)22-16(21)12-4-6-13(17)7-5-12/h3-9,11H,17H2,1-2H3,(H,18,19,20). The average molecular weight is 299 g/mol. The Morgan fingerprint density at radius 1 is 1.18 bits per heavy atom. The highest BCUT2D eigenvalue weighted by Gasteiger charge is 2.19. The van der Waals surface area contributed by atoms with E-state index < -0.39 is 18.0 Å². The smallest absolute Gasteiger partial charge is 0.338 e. The lowest BCUT2D eigenvalue weighted by molar-refractivity contribution is -0.123. The molecule has 6 nitrogen and oxygen atoms in total. The van der Waals surface area contributed by atoms with Gasteiger partial charge in [0.2, 0.25) is 0 Å². The Balaban J connectivity index is 1.94. The molecule has 0 saturated heterocycles. The first-order valence-electron chi connectivity index (χ1n) is 6.76. The number of nitrogens with one attached hydrogen (secondary N) is 1. The summed E-state index contributed by atoms with van der Waals surface area (Å²) in [4.78, 5) is 27.9. The van der Waals surface area contributed by atoms with Gasteiger partial charge < -0.3 is 15.8 Å². The molecule has 1 unspecified atom stereocenters. The predicted molar refractivity (Wildman–Crippen MR) is 83.3 cm³/mol. The number of pyridine rings is 1. The van der Waals surface area contributed by atoms with Crippen molar-refractivity contribution in [1.29, 1.82) is 0 Å². The summed E-state index contributed by atoms with van der Waals surface area (Å²) in [5, 5.41) is 2.59. The third kappa shape index (κ3) is 4.05. The molecule has 0 bridgehead atoms. The summed E-state index contributed by atoms with van der Waals surface area (Å²) in [6.45, 7) is 3.40. The van der Waals surface area contributed by atoms with Crippen LogP contribution < -0.4 is 11.1 Å². The number of carbonyl (C=O) groups is 2. The van der Waals surface area contributed by atoms with Crippen molar-refractivity contribution in [2.45, 2.75) is 20.0 Å². The van der Waals surface area contributed by atoms with E-state index in [1.165, 1.54) is 6.92 Å². The van der Waals surface area contributed by atoms with Crippen LogP contribution in [0, 0.1) is 6.92 Å². The minimum absolute atomic E-state index is 0.335. The molecule has 2 rings (SSSR count). The minimum Gasteiger partial charge on any atom is -0.449 e. The fourth-order valence-corrected chi connectivity index (χ4v) is 1.67. The minimum atomic E-state index is -0.937. The van der Waals surface area contributed by atoms with E-state index >= 15 is 0 Å². The van der Waals surface area contributed by atoms with Crippen molar-refractivity contribution in [3.63, 3.8) is 0 Å². The van der Waals surface area contributed by atoms with E-state index in [0.29, 0.717) is 17.1 Å². The van der Waals surface area contributed by atoms with Crippen molar-refractivity contribution in [3.05, 3.63) is 53.7 Å². The number of benzene rings is 1. The van der Waals surface area contributed by atoms with E-state index in [9.17, 15) is 9.59 Å². The van der Waals surface area contributed by atoms with Crippen LogP contribution in [0.1, 0.15) is 22.8 Å². The Bertz CT molecular complexity index is 666. The quantitative estimate of drug-likeness (QED) is 0.666. The topological polar surface area (TPSA) is 94.3 Å². The molecule has 0 fully saturated rings. The van der Waals surface area contributed by atoms with Crippen molar-refractivity contribution in [2.24, 2.45) is 0 Å². The predicted octanol–water partition coefficient (Wildman–Crippen LogP) is 2.16. The van der Waals surface area contributed by atoms with Gasteiger partial charge >= 0.3 is 5.97 Å². The third-order valence-corrected chi connectivity index (χ3v) is 2.96. The van der Waals surface area contributed by atoms with E-state index in [1.54, 1.807) is 36.5 Å². The first kappa shape index (κ1) is 15.5. The molecule has 1 aromatic carbocycles. The number of ether oxygens (including phenoxy) is 1. The number of aryl methyl sites for hydroxylation is 1. The molecule has 0 aliphatic rings. The Morgan fingerprint density at radius 3 is 2.45 bits per heavy atom. The zero-order valence-corrected chi connectivity index (χ0v) is 12.4. The van der Waals surface area contributed by atoms with Crippen molar-refractivity contribution in [2.75, 3.05) is 11.1 Å². The zero-order valence-electron chi connectivity index (χ0n) is 12.4. The maximum absolute atomic E-state index is 12.0. The van der Waals surface area contributed by atoms with Gasteiger partial charge in [-0.1, -0.05) is 6.07 Å². The summed E-state index contributed by atoms with van der Waals surface area (Å²) >= 11 is 0. The van der Waals surface area contributed by atoms with Gasteiger partial charge in [-0.25, -0.2) is 9.78 Å². The monoisotopic (exact) mass is 299 g/mol. The third-order valence-electron chi connectivity index (χ3n) is 2.96. The number of aromatic nitrogens is 1. The van der Waals surface area contributed by atoms with Gasteiger partial charge in [-0.2, -0.15) is 0 Å². The molecule has 1 atom stereocenters. The van der Waals surface area contributed by atoms with Crippen LogP contribution in [-0.4, -0.2) is 23.0 Å². The number of nitrogen functional groups attached to an aromatic ring is 1. The highest BCUT2D eigenvalue weighted by Crippen LogP contribution is 2.10. The number of nitrogens with zero attached hydrogens (tertiary/aromatic N) is 1. The number of nitrogens with two attached hydrogens (primary N) is 1. The van der Waals surface area contributed by atoms with E-state index in [2.05, 4.69) is 10.3 Å². The fourth-order valence-electron chi connectivity index (χ4n) is 1.67. The second kappa shape index (κ2) is 6.71. The molecule has 0 saturated carbocycles. The molecule has 1 aromatic heterocycles. The van der Waals surface area contributed by atoms with Crippen molar-refractivity contribution >= 4 is 23.4 Å². The lowest BCUT2D eigenvalue weighted by atomic mass is 10.2. The molecule has 1 heterocycles. The molecule has 2 aromatic rings. The summed E-state index contributed by atoms with van der Waals surface area (Å²) < 4.78 is 5.11. The van der Waals surface area contributed by atoms with Gasteiger partial charge in [-0.05, 0) is 49.7 Å². The average Bonchev–Trinajstić information content (AvgIpc) is 2.50. The van der Waals surface area contributed by atoms with Gasteiger partial charge in [0.15, 0.2) is 6.10 Å². The van der Waals surface area contributed by atoms with Gasteiger partial charge in [0.25, 0.3) is 5.91 Å². The van der Waals surface area contributed by atoms with Gasteiger partial charge in [-0.3, -0.25) is 4.79 Å². The van der Waals surface area contributed by atoms with Gasteiger partial charge in [0.1, 0.15) is 5.82 Å². The summed E-state index contributed by atoms with van der Waals surface area (Å²) in [6, 6.07) is 9.79. The maximum Gasteiger partial charge on any atom is 0.338 e. The van der Waals surface area contributed by atoms with Crippen molar-refractivity contribution in [1.82, 2.24) is 4.98 Å². The molecule has 114 valence electrons. The molecule has 0 spiro atoms. The first-order valence-corrected chi connectivity index (χ1v) is 6.76. The summed E-state index contributed by atoms with van der Waals surface area (Å²) in [5.74, 6) is -0.620. The molecule has 3 N–H and O–H groups in total. The van der Waals surface area contributed by atoms with Crippen molar-refractivity contribution in [3.8, 4) is 0 Å². The van der Waals surface area contributed by atoms with Crippen LogP contribution in [0.2, 0.25) is 0 Å². The zero-order chi connectivity index (χ0) is 16.1. The highest BCUT2D eigenvalue weighted by atomic mass is 16.5. The summed E-state index contributed by atoms with van der Waals surface area (Å²) in [7, 11) is 0. The van der Waals surface area contributed by atoms with Crippen LogP contribution in [0.25, 0.3) is 0 Å². The maximum atomic E-state index is 12.0. The summed E-state index contributed by atoms with van der Waals surface area (Å²) in [6.07, 6.45) is 0.703. The second-order valence-electron chi connectivity index (χ2n) is 4.88. The second-order valence-corrected chi connectivity index (χ2v) is 4.88. The number of amides is 1. The number of rotatable bonds is 4. The lowest BCUT2D eigenvalue weighted by Crippen LogP contribution is -2.30. The number of carbonyl (C=O) groups excluding carboxylic acids is 2. The Hall–Kier alpha value is -2.89. The lowest BCUT2D eigenvalue weighted by Gasteiger charge is -2.13. The molecule has 0 radical (unpaired) electrons. The van der Waals surface area contributed by atoms with Crippen molar-refractivity contribution < 1.29 is 14.3 Å². The first-order chi connectivity index (χ1) is 10.5. The molecule has 6 heteroatoms. The Kier molecular flexibility index (Phi) is 4.73. The molecule has 1 amide bonds. The number of hydrogen-bond acceptors (Lipinski definition) is 5. The molecular formula is C16H17N3O3. The Morgan fingerprint density at radius 2 is 1.86 bits per heavy atom. The van der Waals surface area contributed by atoms with Gasteiger partial charge in [0, 0.05) is 11.9 Å². The molecular weight excluding hydrogens is 282 g/mol. The van der Waals surface area contributed by atoms with Crippen LogP contribution in [0.3, 0.4) is 0 Å². The number of anilines is 2. The van der Waals surface area contributed by atoms with Crippen LogP contribution in [-0.2, 0) is 9.53 Å². The van der Waals surface area contributed by atoms with E-state index in [-0.39, 0.29) is 0 Å². The largest absolute Gasteiger partial charge is 0.449 e. The molecule has 22 heavy (non-hydrogen) atoms. The van der Waals surface area contributed by atoms with Crippen LogP contribution in [0.5, 0.6) is 0 Å². The Labute approximate surface area is 128 Å². The normalized spacial score (nSPS) is 11.5. The molecule has 0 aliphatic carbocycles. The van der Waals surface area contributed by atoms with Crippen LogP contribution in [0.15, 0.2) is 42.6 Å². The van der Waals surface area contributed by atoms with E-state index in [4.69, 9.17) is 10.5 Å². The molecule has 0 aliphatic heterocycles. The van der Waals surface area contributed by atoms with Crippen LogP contribution >= 0.6 is 0 Å². The highest BCUT2D eigenvalue weighted by molar-refractivity contribution is 5.96.